The summed E-state index contributed by atoms with van der Waals surface area (Å²) in [6.45, 7) is 5.00. The highest BCUT2D eigenvalue weighted by Crippen LogP contribution is 2.34. The van der Waals surface area contributed by atoms with Crippen LogP contribution in [0.5, 0.6) is 0 Å². The number of amides is 1. The third kappa shape index (κ3) is 5.57. The first-order valence-corrected chi connectivity index (χ1v) is 14.7. The van der Waals surface area contributed by atoms with Gasteiger partial charge in [-0.2, -0.15) is 9.61 Å². The van der Waals surface area contributed by atoms with Crippen LogP contribution in [-0.2, 0) is 14.8 Å². The Morgan fingerprint density at radius 3 is 2.68 bits per heavy atom. The van der Waals surface area contributed by atoms with Crippen molar-refractivity contribution < 1.29 is 17.9 Å². The maximum atomic E-state index is 13.9. The Balaban J connectivity index is 1.55. The van der Waals surface area contributed by atoms with Crippen molar-refractivity contribution >= 4 is 44.7 Å². The van der Waals surface area contributed by atoms with Crippen molar-refractivity contribution in [3.8, 4) is 11.8 Å². The first-order valence-electron chi connectivity index (χ1n) is 12.5. The minimum absolute atomic E-state index is 0.195. The fraction of sp³-hybridized carbons (Fsp3) is 0.423. The number of nitrogens with one attached hydrogen (secondary N) is 1. The number of fused-ring (bicyclic) bond motifs is 1. The number of benzene rings is 1. The molecule has 0 spiro atoms. The number of carbonyl (C=O) groups is 1. The third-order valence-corrected chi connectivity index (χ3v) is 7.45. The summed E-state index contributed by atoms with van der Waals surface area (Å²) in [5, 5.41) is 5.28. The number of halogens is 1. The summed E-state index contributed by atoms with van der Waals surface area (Å²) in [6, 6.07) is 8.10. The van der Waals surface area contributed by atoms with Crippen LogP contribution in [-0.4, -0.2) is 72.9 Å². The van der Waals surface area contributed by atoms with Gasteiger partial charge in [0.1, 0.15) is 11.5 Å². The Morgan fingerprint density at radius 2 is 1.95 bits per heavy atom. The highest BCUT2D eigenvalue weighted by molar-refractivity contribution is 7.92. The van der Waals surface area contributed by atoms with Crippen LogP contribution < -0.4 is 9.62 Å². The molecule has 200 valence electrons. The van der Waals surface area contributed by atoms with E-state index in [2.05, 4.69) is 21.5 Å². The summed E-state index contributed by atoms with van der Waals surface area (Å²) >= 11 is 6.21. The average molecular weight is 557 g/mol. The molecule has 4 heterocycles. The predicted molar refractivity (Wildman–Crippen MR) is 146 cm³/mol. The van der Waals surface area contributed by atoms with E-state index in [1.807, 2.05) is 16.6 Å². The number of sulfonamides is 1. The molecule has 2 saturated heterocycles. The number of nitrogens with zero attached hydrogens (tertiary/aromatic N) is 5. The molecule has 1 N–H and O–H groups in total. The first-order chi connectivity index (χ1) is 18.2. The van der Waals surface area contributed by atoms with Crippen LogP contribution in [0.4, 0.5) is 11.5 Å². The second-order valence-electron chi connectivity index (χ2n) is 9.39. The van der Waals surface area contributed by atoms with Crippen LogP contribution in [0.3, 0.4) is 0 Å². The Kier molecular flexibility index (Phi) is 7.47. The topological polar surface area (TPSA) is 109 Å². The summed E-state index contributed by atoms with van der Waals surface area (Å²) in [5.41, 5.74) is 2.43. The summed E-state index contributed by atoms with van der Waals surface area (Å²) in [6.07, 6.45) is 3.53. The normalized spacial score (nSPS) is 18.2. The van der Waals surface area contributed by atoms with Gasteiger partial charge in [0, 0.05) is 36.8 Å². The summed E-state index contributed by atoms with van der Waals surface area (Å²) in [7, 11) is -3.60. The van der Waals surface area contributed by atoms with Gasteiger partial charge in [0.05, 0.1) is 42.5 Å². The number of piperidine rings is 1. The van der Waals surface area contributed by atoms with Gasteiger partial charge in [-0.05, 0) is 50.3 Å². The second-order valence-corrected chi connectivity index (χ2v) is 11.6. The van der Waals surface area contributed by atoms with Gasteiger partial charge in [-0.15, -0.1) is 0 Å². The van der Waals surface area contributed by atoms with Crippen LogP contribution in [0.2, 0.25) is 5.02 Å². The first kappa shape index (κ1) is 26.3. The highest BCUT2D eigenvalue weighted by Gasteiger charge is 2.32. The van der Waals surface area contributed by atoms with E-state index in [0.717, 1.165) is 50.1 Å². The molecule has 38 heavy (non-hydrogen) atoms. The van der Waals surface area contributed by atoms with Crippen molar-refractivity contribution in [2.75, 3.05) is 48.7 Å². The molecule has 5 rings (SSSR count). The van der Waals surface area contributed by atoms with Gasteiger partial charge in [-0.25, -0.2) is 13.4 Å². The van der Waals surface area contributed by atoms with Crippen molar-refractivity contribution in [1.29, 1.82) is 0 Å². The highest BCUT2D eigenvalue weighted by atomic mass is 35.5. The van der Waals surface area contributed by atoms with Crippen LogP contribution >= 0.6 is 11.6 Å². The zero-order valence-corrected chi connectivity index (χ0v) is 22.8. The lowest BCUT2D eigenvalue weighted by Gasteiger charge is -2.35. The molecule has 2 fully saturated rings. The van der Waals surface area contributed by atoms with Crippen LogP contribution in [0.1, 0.15) is 54.0 Å². The second kappa shape index (κ2) is 10.8. The molecular formula is C26H29ClN6O4S. The number of aromatic nitrogens is 3. The van der Waals surface area contributed by atoms with E-state index >= 15 is 0 Å². The molecule has 3 aromatic rings. The fourth-order valence-corrected chi connectivity index (χ4v) is 5.72. The van der Waals surface area contributed by atoms with Crippen molar-refractivity contribution in [2.24, 2.45) is 0 Å². The van der Waals surface area contributed by atoms with E-state index in [4.69, 9.17) is 26.4 Å². The maximum absolute atomic E-state index is 13.9. The minimum Gasteiger partial charge on any atom is -0.378 e. The van der Waals surface area contributed by atoms with E-state index in [1.165, 1.54) is 12.1 Å². The number of likely N-dealkylation sites (tertiary alicyclic amines) is 1. The Hall–Kier alpha value is -3.33. The molecule has 1 amide bonds. The molecule has 2 aromatic heterocycles. The zero-order valence-electron chi connectivity index (χ0n) is 21.3. The van der Waals surface area contributed by atoms with Gasteiger partial charge in [0.2, 0.25) is 10.0 Å². The quantitative estimate of drug-likeness (QED) is 0.480. The lowest BCUT2D eigenvalue weighted by atomic mass is 9.98. The predicted octanol–water partition coefficient (Wildman–Crippen LogP) is 3.33. The summed E-state index contributed by atoms with van der Waals surface area (Å²) in [5.74, 6) is 6.54. The number of ether oxygens (including phenoxy) is 1. The molecule has 1 unspecified atom stereocenters. The van der Waals surface area contributed by atoms with Crippen LogP contribution in [0, 0.1) is 11.8 Å². The molecule has 0 saturated carbocycles. The number of anilines is 2. The summed E-state index contributed by atoms with van der Waals surface area (Å²) < 4.78 is 33.7. The Bertz CT molecular complexity index is 1540. The van der Waals surface area contributed by atoms with Gasteiger partial charge in [0.15, 0.2) is 5.65 Å². The van der Waals surface area contributed by atoms with Gasteiger partial charge in [-0.1, -0.05) is 17.5 Å². The lowest BCUT2D eigenvalue weighted by molar-refractivity contribution is 0.0607. The molecular weight excluding hydrogens is 528 g/mol. The number of hydrogen-bond acceptors (Lipinski definition) is 7. The molecule has 2 aliphatic heterocycles. The van der Waals surface area contributed by atoms with Crippen molar-refractivity contribution in [1.82, 2.24) is 19.5 Å². The minimum atomic E-state index is -3.60. The van der Waals surface area contributed by atoms with Gasteiger partial charge < -0.3 is 14.5 Å². The van der Waals surface area contributed by atoms with E-state index in [9.17, 15) is 13.2 Å². The standard InChI is InChI=1S/C26H29ClN6O4S/c1-3-6-19-16-25(31-11-13-37-14-12-31)33-24(28-19)17-22(29-33)23-7-4-5-10-32(23)26(34)20-15-18(27)8-9-21(20)30-38(2,35)36/h8-9,15-17,23,30H,4-5,7,10-14H2,1-2H3. The molecule has 12 heteroatoms. The smallest absolute Gasteiger partial charge is 0.256 e. The molecule has 10 nitrogen and oxygen atoms in total. The molecule has 0 bridgehead atoms. The molecule has 1 aromatic carbocycles. The Labute approximate surface area is 227 Å². The van der Waals surface area contributed by atoms with Gasteiger partial charge in [0.25, 0.3) is 5.91 Å². The van der Waals surface area contributed by atoms with E-state index < -0.39 is 10.0 Å². The number of carbonyl (C=O) groups excluding carboxylic acids is 1. The third-order valence-electron chi connectivity index (χ3n) is 6.63. The zero-order chi connectivity index (χ0) is 26.9. The van der Waals surface area contributed by atoms with Crippen molar-refractivity contribution in [3.05, 3.63) is 52.3 Å². The number of morpholine rings is 1. The van der Waals surface area contributed by atoms with Gasteiger partial charge in [-0.3, -0.25) is 9.52 Å². The average Bonchev–Trinajstić information content (AvgIpc) is 3.33. The molecule has 2 aliphatic rings. The molecule has 0 aliphatic carbocycles. The largest absolute Gasteiger partial charge is 0.378 e. The van der Waals surface area contributed by atoms with Crippen molar-refractivity contribution in [3.63, 3.8) is 0 Å². The summed E-state index contributed by atoms with van der Waals surface area (Å²) in [4.78, 5) is 22.5. The number of rotatable bonds is 5. The molecule has 0 radical (unpaired) electrons. The van der Waals surface area contributed by atoms with Crippen LogP contribution in [0.15, 0.2) is 30.3 Å². The molecule has 1 atom stereocenters. The SMILES string of the molecule is CC#Cc1cc(N2CCOCC2)n2nc(C3CCCCN3C(=O)c3cc(Cl)ccc3NS(C)(=O)=O)cc2n1. The number of hydrogen-bond donors (Lipinski definition) is 1. The van der Waals surface area contributed by atoms with E-state index in [-0.39, 0.29) is 23.2 Å². The van der Waals surface area contributed by atoms with Crippen molar-refractivity contribution in [2.45, 2.75) is 32.2 Å². The van der Waals surface area contributed by atoms with E-state index in [1.54, 1.807) is 17.9 Å². The lowest BCUT2D eigenvalue weighted by Crippen LogP contribution is -2.39. The van der Waals surface area contributed by atoms with E-state index in [0.29, 0.717) is 36.1 Å². The van der Waals surface area contributed by atoms with Crippen LogP contribution in [0.25, 0.3) is 5.65 Å². The monoisotopic (exact) mass is 556 g/mol. The van der Waals surface area contributed by atoms with Gasteiger partial charge >= 0.3 is 0 Å². The fourth-order valence-electron chi connectivity index (χ4n) is 4.97. The maximum Gasteiger partial charge on any atom is 0.256 e. The Morgan fingerprint density at radius 1 is 1.16 bits per heavy atom.